The molecule has 0 aliphatic heterocycles. The smallest absolute Gasteiger partial charge is 0.125 e. The van der Waals surface area contributed by atoms with E-state index in [1.165, 1.54) is 0 Å². The molecule has 4 nitrogen and oxygen atoms in total. The molecule has 20 heavy (non-hydrogen) atoms. The minimum Gasteiger partial charge on any atom is -0.392 e. The first-order valence-corrected chi connectivity index (χ1v) is 7.59. The van der Waals surface area contributed by atoms with E-state index in [9.17, 15) is 19.5 Å². The molecule has 4 heteroatoms. The fourth-order valence-corrected chi connectivity index (χ4v) is 1.20. The van der Waals surface area contributed by atoms with Crippen molar-refractivity contribution in [3.05, 3.63) is 0 Å². The largest absolute Gasteiger partial charge is 0.392 e. The summed E-state index contributed by atoms with van der Waals surface area (Å²) >= 11 is 0. The number of carbonyl (C=O) groups is 3. The van der Waals surface area contributed by atoms with Crippen LogP contribution in [0.25, 0.3) is 0 Å². The highest BCUT2D eigenvalue weighted by molar-refractivity contribution is 5.54. The Bertz CT molecular complexity index is 195. The summed E-state index contributed by atoms with van der Waals surface area (Å²) in [6.45, 7) is 7.88. The molecule has 0 aromatic carbocycles. The SMILES string of the molecule is CCCC=O.CCCC=O.CCC[C@@H](O)[C@@H](C=O)CC. The molecule has 0 radical (unpaired) electrons. The van der Waals surface area contributed by atoms with E-state index in [-0.39, 0.29) is 5.92 Å². The monoisotopic (exact) mass is 288 g/mol. The molecule has 0 amide bonds. The predicted molar refractivity (Wildman–Crippen MR) is 82.7 cm³/mol. The van der Waals surface area contributed by atoms with Gasteiger partial charge in [-0.25, -0.2) is 0 Å². The summed E-state index contributed by atoms with van der Waals surface area (Å²) in [5.74, 6) is -0.153. The third kappa shape index (κ3) is 22.2. The summed E-state index contributed by atoms with van der Waals surface area (Å²) in [4.78, 5) is 29.1. The van der Waals surface area contributed by atoms with Crippen LogP contribution in [0.15, 0.2) is 0 Å². The summed E-state index contributed by atoms with van der Waals surface area (Å²) in [5.41, 5.74) is 0. The van der Waals surface area contributed by atoms with E-state index < -0.39 is 6.10 Å². The van der Waals surface area contributed by atoms with Crippen LogP contribution in [0.5, 0.6) is 0 Å². The van der Waals surface area contributed by atoms with Gasteiger partial charge in [-0.15, -0.1) is 0 Å². The minimum absolute atomic E-state index is 0.153. The Morgan fingerprint density at radius 3 is 1.45 bits per heavy atom. The second-order valence-electron chi connectivity index (χ2n) is 4.47. The molecule has 120 valence electrons. The highest BCUT2D eigenvalue weighted by atomic mass is 16.3. The van der Waals surface area contributed by atoms with Gasteiger partial charge in [0.15, 0.2) is 0 Å². The number of hydrogen-bond donors (Lipinski definition) is 1. The van der Waals surface area contributed by atoms with Crippen LogP contribution in [0.1, 0.15) is 72.6 Å². The molecule has 0 fully saturated rings. The number of aldehydes is 3. The van der Waals surface area contributed by atoms with Crippen LogP contribution in [-0.4, -0.2) is 30.1 Å². The first-order chi connectivity index (χ1) is 9.59. The lowest BCUT2D eigenvalue weighted by atomic mass is 9.98. The van der Waals surface area contributed by atoms with E-state index in [1.807, 2.05) is 27.7 Å². The van der Waals surface area contributed by atoms with E-state index in [0.29, 0.717) is 12.8 Å². The Labute approximate surface area is 124 Å². The molecule has 0 aromatic rings. The van der Waals surface area contributed by atoms with Crippen LogP contribution >= 0.6 is 0 Å². The molecule has 0 unspecified atom stereocenters. The Kier molecular flexibility index (Phi) is 27.7. The molecule has 0 aromatic heterocycles. The van der Waals surface area contributed by atoms with Crippen LogP contribution in [-0.2, 0) is 14.4 Å². The number of aliphatic hydroxyl groups excluding tert-OH is 1. The molecule has 0 aliphatic rings. The van der Waals surface area contributed by atoms with Gasteiger partial charge in [0.25, 0.3) is 0 Å². The molecule has 0 saturated carbocycles. The van der Waals surface area contributed by atoms with Gasteiger partial charge in [0.1, 0.15) is 18.9 Å². The molecule has 0 aliphatic carbocycles. The van der Waals surface area contributed by atoms with E-state index >= 15 is 0 Å². The van der Waals surface area contributed by atoms with Gasteiger partial charge in [-0.3, -0.25) is 0 Å². The van der Waals surface area contributed by atoms with Gasteiger partial charge in [0.05, 0.1) is 6.10 Å². The highest BCUT2D eigenvalue weighted by Gasteiger charge is 2.14. The van der Waals surface area contributed by atoms with Crippen molar-refractivity contribution >= 4 is 18.9 Å². The summed E-state index contributed by atoms with van der Waals surface area (Å²) in [5, 5.41) is 9.28. The Balaban J connectivity index is -0.000000244. The third-order valence-corrected chi connectivity index (χ3v) is 2.54. The standard InChI is InChI=1S/C8H16O2.2C4H8O/c1-3-5-8(10)7(4-2)6-9;2*1-2-3-4-5/h6-8,10H,3-5H2,1-2H3;2*4H,2-3H2,1H3/t7-,8-;;/m1../s1. The highest BCUT2D eigenvalue weighted by Crippen LogP contribution is 2.10. The van der Waals surface area contributed by atoms with E-state index in [1.54, 1.807) is 0 Å². The second-order valence-corrected chi connectivity index (χ2v) is 4.47. The first-order valence-electron chi connectivity index (χ1n) is 7.59. The van der Waals surface area contributed by atoms with Gasteiger partial charge < -0.3 is 19.5 Å². The number of rotatable bonds is 9. The molecule has 1 N–H and O–H groups in total. The number of carbonyl (C=O) groups excluding carboxylic acids is 3. The lowest BCUT2D eigenvalue weighted by Gasteiger charge is -2.13. The van der Waals surface area contributed by atoms with Crippen molar-refractivity contribution in [3.63, 3.8) is 0 Å². The number of hydrogen-bond acceptors (Lipinski definition) is 4. The van der Waals surface area contributed by atoms with Crippen LogP contribution in [0.2, 0.25) is 0 Å². The summed E-state index contributed by atoms with van der Waals surface area (Å²) in [7, 11) is 0. The normalized spacial score (nSPS) is 11.8. The average Bonchev–Trinajstić information content (AvgIpc) is 2.44. The molecule has 0 spiro atoms. The van der Waals surface area contributed by atoms with Crippen LogP contribution in [0.4, 0.5) is 0 Å². The topological polar surface area (TPSA) is 71.4 Å². The third-order valence-electron chi connectivity index (χ3n) is 2.54. The van der Waals surface area contributed by atoms with Crippen molar-refractivity contribution in [3.8, 4) is 0 Å². The van der Waals surface area contributed by atoms with Crippen molar-refractivity contribution in [2.24, 2.45) is 5.92 Å². The number of unbranched alkanes of at least 4 members (excludes halogenated alkanes) is 2. The van der Waals surface area contributed by atoms with E-state index in [4.69, 9.17) is 0 Å². The van der Waals surface area contributed by atoms with Crippen molar-refractivity contribution in [2.75, 3.05) is 0 Å². The minimum atomic E-state index is -0.424. The maximum Gasteiger partial charge on any atom is 0.125 e. The molecule has 0 rings (SSSR count). The molecular weight excluding hydrogens is 256 g/mol. The zero-order valence-electron chi connectivity index (χ0n) is 13.5. The Hall–Kier alpha value is -1.03. The number of aliphatic hydroxyl groups is 1. The van der Waals surface area contributed by atoms with Gasteiger partial charge in [-0.05, 0) is 25.7 Å². The lowest BCUT2D eigenvalue weighted by molar-refractivity contribution is -0.114. The second kappa shape index (κ2) is 23.1. The van der Waals surface area contributed by atoms with Crippen molar-refractivity contribution in [1.82, 2.24) is 0 Å². The van der Waals surface area contributed by atoms with Crippen LogP contribution in [0, 0.1) is 5.92 Å². The zero-order valence-corrected chi connectivity index (χ0v) is 13.5. The van der Waals surface area contributed by atoms with Crippen molar-refractivity contribution in [2.45, 2.75) is 78.7 Å². The van der Waals surface area contributed by atoms with Gasteiger partial charge in [-0.2, -0.15) is 0 Å². The molecule has 0 bridgehead atoms. The molecular formula is C16H32O4. The Morgan fingerprint density at radius 2 is 1.30 bits per heavy atom. The molecule has 0 saturated heterocycles. The van der Waals surface area contributed by atoms with Crippen molar-refractivity contribution < 1.29 is 19.5 Å². The van der Waals surface area contributed by atoms with E-state index in [0.717, 1.165) is 51.0 Å². The summed E-state index contributed by atoms with van der Waals surface area (Å²) in [6, 6.07) is 0. The predicted octanol–water partition coefficient (Wildman–Crippen LogP) is 3.34. The molecule has 0 heterocycles. The Morgan fingerprint density at radius 1 is 0.850 bits per heavy atom. The summed E-state index contributed by atoms with van der Waals surface area (Å²) in [6.07, 6.45) is 8.06. The van der Waals surface area contributed by atoms with Gasteiger partial charge >= 0.3 is 0 Å². The van der Waals surface area contributed by atoms with Gasteiger partial charge in [0, 0.05) is 18.8 Å². The average molecular weight is 288 g/mol. The first kappa shape index (κ1) is 24.0. The maximum absolute atomic E-state index is 10.3. The lowest BCUT2D eigenvalue weighted by Crippen LogP contribution is -2.20. The van der Waals surface area contributed by atoms with Gasteiger partial charge in [-0.1, -0.05) is 34.1 Å². The zero-order chi connectivity index (χ0) is 16.2. The quantitative estimate of drug-likeness (QED) is 0.660. The fourth-order valence-electron chi connectivity index (χ4n) is 1.20. The molecule has 2 atom stereocenters. The van der Waals surface area contributed by atoms with Crippen molar-refractivity contribution in [1.29, 1.82) is 0 Å². The van der Waals surface area contributed by atoms with Crippen LogP contribution < -0.4 is 0 Å². The van der Waals surface area contributed by atoms with E-state index in [2.05, 4.69) is 0 Å². The van der Waals surface area contributed by atoms with Crippen LogP contribution in [0.3, 0.4) is 0 Å². The van der Waals surface area contributed by atoms with Gasteiger partial charge in [0.2, 0.25) is 0 Å². The fraction of sp³-hybridized carbons (Fsp3) is 0.812. The summed E-state index contributed by atoms with van der Waals surface area (Å²) < 4.78 is 0. The maximum atomic E-state index is 10.3.